The molecule has 23 heavy (non-hydrogen) atoms. The maximum Gasteiger partial charge on any atom is 0.272 e. The molecule has 2 aromatic carbocycles. The zero-order valence-electron chi connectivity index (χ0n) is 12.8. The number of rotatable bonds is 4. The number of amides is 1. The van der Waals surface area contributed by atoms with E-state index in [1.807, 2.05) is 48.5 Å². The zero-order valence-corrected chi connectivity index (χ0v) is 12.8. The third kappa shape index (κ3) is 3.29. The molecule has 1 amide bonds. The van der Waals surface area contributed by atoms with Crippen LogP contribution < -0.4 is 10.9 Å². The van der Waals surface area contributed by atoms with E-state index in [0.29, 0.717) is 23.3 Å². The normalized spacial score (nSPS) is 10.7. The van der Waals surface area contributed by atoms with Gasteiger partial charge in [-0.15, -0.1) is 0 Å². The summed E-state index contributed by atoms with van der Waals surface area (Å²) in [6, 6.07) is 17.0. The van der Waals surface area contributed by atoms with Gasteiger partial charge in [-0.25, -0.2) is 4.98 Å². The molecule has 1 heterocycles. The third-order valence-corrected chi connectivity index (χ3v) is 3.65. The summed E-state index contributed by atoms with van der Waals surface area (Å²) >= 11 is 0. The highest BCUT2D eigenvalue weighted by molar-refractivity contribution is 5.80. The van der Waals surface area contributed by atoms with Crippen molar-refractivity contribution < 1.29 is 4.79 Å². The SMILES string of the molecule is Cc1nc2ccccc2n(CC(=O)NCc2ccccc2)c1=O. The molecular weight excluding hydrogens is 290 g/mol. The van der Waals surface area contributed by atoms with Gasteiger partial charge in [0, 0.05) is 6.54 Å². The minimum absolute atomic E-state index is 0.0183. The number of hydrogen-bond donors (Lipinski definition) is 1. The molecule has 0 fully saturated rings. The van der Waals surface area contributed by atoms with Gasteiger partial charge in [-0.1, -0.05) is 42.5 Å². The van der Waals surface area contributed by atoms with E-state index in [-0.39, 0.29) is 18.0 Å². The molecule has 0 aliphatic heterocycles. The van der Waals surface area contributed by atoms with E-state index in [1.165, 1.54) is 4.57 Å². The molecule has 1 aromatic heterocycles. The minimum Gasteiger partial charge on any atom is -0.350 e. The predicted octanol–water partition coefficient (Wildman–Crippen LogP) is 2.02. The second-order valence-electron chi connectivity index (χ2n) is 5.34. The number of carbonyl (C=O) groups is 1. The molecule has 0 atom stereocenters. The lowest BCUT2D eigenvalue weighted by molar-refractivity contribution is -0.121. The van der Waals surface area contributed by atoms with Crippen molar-refractivity contribution in [3.8, 4) is 0 Å². The highest BCUT2D eigenvalue weighted by Crippen LogP contribution is 2.09. The van der Waals surface area contributed by atoms with Crippen molar-refractivity contribution in [1.82, 2.24) is 14.9 Å². The number of nitrogens with one attached hydrogen (secondary N) is 1. The van der Waals surface area contributed by atoms with E-state index in [0.717, 1.165) is 5.56 Å². The minimum atomic E-state index is -0.237. The summed E-state index contributed by atoms with van der Waals surface area (Å²) in [6.07, 6.45) is 0. The molecule has 0 spiro atoms. The summed E-state index contributed by atoms with van der Waals surface area (Å²) in [5.74, 6) is -0.202. The monoisotopic (exact) mass is 307 g/mol. The molecule has 3 aromatic rings. The number of nitrogens with zero attached hydrogens (tertiary/aromatic N) is 2. The summed E-state index contributed by atoms with van der Waals surface area (Å²) < 4.78 is 1.47. The summed E-state index contributed by atoms with van der Waals surface area (Å²) in [5.41, 5.74) is 2.54. The summed E-state index contributed by atoms with van der Waals surface area (Å²) in [7, 11) is 0. The molecule has 0 saturated heterocycles. The van der Waals surface area contributed by atoms with Gasteiger partial charge < -0.3 is 5.32 Å². The smallest absolute Gasteiger partial charge is 0.272 e. The van der Waals surface area contributed by atoms with Crippen LogP contribution in [0.3, 0.4) is 0 Å². The molecular formula is C18H17N3O2. The fraction of sp³-hybridized carbons (Fsp3) is 0.167. The van der Waals surface area contributed by atoms with E-state index >= 15 is 0 Å². The number of fused-ring (bicyclic) bond motifs is 1. The second kappa shape index (κ2) is 6.44. The average Bonchev–Trinajstić information content (AvgIpc) is 2.58. The van der Waals surface area contributed by atoms with Crippen LogP contribution in [0, 0.1) is 6.92 Å². The van der Waals surface area contributed by atoms with Crippen LogP contribution in [-0.2, 0) is 17.9 Å². The van der Waals surface area contributed by atoms with Gasteiger partial charge in [-0.05, 0) is 24.6 Å². The van der Waals surface area contributed by atoms with E-state index in [1.54, 1.807) is 13.0 Å². The van der Waals surface area contributed by atoms with E-state index in [4.69, 9.17) is 0 Å². The maximum atomic E-state index is 12.3. The van der Waals surface area contributed by atoms with Crippen LogP contribution >= 0.6 is 0 Å². The first-order chi connectivity index (χ1) is 11.1. The number of benzene rings is 2. The van der Waals surface area contributed by atoms with Gasteiger partial charge in [0.25, 0.3) is 5.56 Å². The summed E-state index contributed by atoms with van der Waals surface area (Å²) in [6.45, 7) is 2.08. The summed E-state index contributed by atoms with van der Waals surface area (Å²) in [5, 5.41) is 2.84. The van der Waals surface area contributed by atoms with Crippen molar-refractivity contribution in [3.05, 3.63) is 76.2 Å². The quantitative estimate of drug-likeness (QED) is 0.802. The topological polar surface area (TPSA) is 64.0 Å². The molecule has 0 aliphatic carbocycles. The largest absolute Gasteiger partial charge is 0.350 e. The Morgan fingerprint density at radius 2 is 1.78 bits per heavy atom. The fourth-order valence-electron chi connectivity index (χ4n) is 2.47. The average molecular weight is 307 g/mol. The van der Waals surface area contributed by atoms with Crippen LogP contribution in [0.1, 0.15) is 11.3 Å². The lowest BCUT2D eigenvalue weighted by Crippen LogP contribution is -2.33. The first-order valence-electron chi connectivity index (χ1n) is 7.42. The molecule has 0 bridgehead atoms. The maximum absolute atomic E-state index is 12.3. The van der Waals surface area contributed by atoms with Crippen molar-refractivity contribution in [2.24, 2.45) is 0 Å². The van der Waals surface area contributed by atoms with Crippen molar-refractivity contribution in [2.45, 2.75) is 20.0 Å². The number of carbonyl (C=O) groups excluding carboxylic acids is 1. The number of para-hydroxylation sites is 2. The van der Waals surface area contributed by atoms with Crippen molar-refractivity contribution in [1.29, 1.82) is 0 Å². The molecule has 5 heteroatoms. The lowest BCUT2D eigenvalue weighted by Gasteiger charge is -2.11. The van der Waals surface area contributed by atoms with Gasteiger partial charge in [0.2, 0.25) is 5.91 Å². The molecule has 0 unspecified atom stereocenters. The van der Waals surface area contributed by atoms with Crippen LogP contribution in [0.15, 0.2) is 59.4 Å². The van der Waals surface area contributed by atoms with Crippen molar-refractivity contribution in [2.75, 3.05) is 0 Å². The van der Waals surface area contributed by atoms with Gasteiger partial charge in [0.05, 0.1) is 11.0 Å². The Labute approximate surface area is 133 Å². The van der Waals surface area contributed by atoms with Crippen LogP contribution in [0.5, 0.6) is 0 Å². The Bertz CT molecular complexity index is 901. The Morgan fingerprint density at radius 1 is 1.09 bits per heavy atom. The second-order valence-corrected chi connectivity index (χ2v) is 5.34. The Hall–Kier alpha value is -2.95. The van der Waals surface area contributed by atoms with Crippen molar-refractivity contribution >= 4 is 16.9 Å². The molecule has 5 nitrogen and oxygen atoms in total. The highest BCUT2D eigenvalue weighted by atomic mass is 16.2. The van der Waals surface area contributed by atoms with Crippen LogP contribution in [0.25, 0.3) is 11.0 Å². The first-order valence-corrected chi connectivity index (χ1v) is 7.42. The Balaban J connectivity index is 1.82. The first kappa shape index (κ1) is 15.0. The molecule has 1 N–H and O–H groups in total. The van der Waals surface area contributed by atoms with Gasteiger partial charge >= 0.3 is 0 Å². The van der Waals surface area contributed by atoms with Crippen LogP contribution in [0.2, 0.25) is 0 Å². The molecule has 116 valence electrons. The van der Waals surface area contributed by atoms with Crippen molar-refractivity contribution in [3.63, 3.8) is 0 Å². The molecule has 0 saturated carbocycles. The van der Waals surface area contributed by atoms with Gasteiger partial charge in [0.1, 0.15) is 12.2 Å². The van der Waals surface area contributed by atoms with E-state index in [9.17, 15) is 9.59 Å². The Morgan fingerprint density at radius 3 is 2.57 bits per heavy atom. The standard InChI is InChI=1S/C18H17N3O2/c1-13-18(23)21(16-10-6-5-9-15(16)20-13)12-17(22)19-11-14-7-3-2-4-8-14/h2-10H,11-12H2,1H3,(H,19,22). The number of hydrogen-bond acceptors (Lipinski definition) is 3. The zero-order chi connectivity index (χ0) is 16.2. The Kier molecular flexibility index (Phi) is 4.19. The van der Waals surface area contributed by atoms with Gasteiger partial charge in [-0.2, -0.15) is 0 Å². The highest BCUT2D eigenvalue weighted by Gasteiger charge is 2.11. The van der Waals surface area contributed by atoms with Gasteiger partial charge in [-0.3, -0.25) is 14.2 Å². The third-order valence-electron chi connectivity index (χ3n) is 3.65. The van der Waals surface area contributed by atoms with Crippen LogP contribution in [-0.4, -0.2) is 15.5 Å². The van der Waals surface area contributed by atoms with Crippen LogP contribution in [0.4, 0.5) is 0 Å². The van der Waals surface area contributed by atoms with E-state index in [2.05, 4.69) is 10.3 Å². The summed E-state index contributed by atoms with van der Waals surface area (Å²) in [4.78, 5) is 28.8. The molecule has 3 rings (SSSR count). The van der Waals surface area contributed by atoms with E-state index < -0.39 is 0 Å². The lowest BCUT2D eigenvalue weighted by atomic mass is 10.2. The van der Waals surface area contributed by atoms with Gasteiger partial charge in [0.15, 0.2) is 0 Å². The molecule has 0 aliphatic rings. The predicted molar refractivity (Wildman–Crippen MR) is 89.0 cm³/mol. The number of aromatic nitrogens is 2. The number of aryl methyl sites for hydroxylation is 1. The molecule has 0 radical (unpaired) electrons. The fourth-order valence-corrected chi connectivity index (χ4v) is 2.47.